The molecule has 0 radical (unpaired) electrons. The van der Waals surface area contributed by atoms with Crippen LogP contribution in [0.1, 0.15) is 41.4 Å². The van der Waals surface area contributed by atoms with Crippen LogP contribution in [0.5, 0.6) is 0 Å². The fourth-order valence-electron chi connectivity index (χ4n) is 3.21. The molecule has 1 atom stereocenters. The number of amides is 2. The summed E-state index contributed by atoms with van der Waals surface area (Å²) in [4.78, 5) is 29.0. The molecular weight excluding hydrogens is 392 g/mol. The maximum Gasteiger partial charge on any atom is 0.257 e. The van der Waals surface area contributed by atoms with Gasteiger partial charge in [0.1, 0.15) is 5.82 Å². The standard InChI is InChI=1S/C24H26N4O3/c1-14(2)27-23(30)20-12-17(13-26-22(20)25)19-10-9-18(11-15(19)3)28-24(31)21(29)16-7-5-4-6-8-16/h4-14,21,29H,1-3H3,(H2,25,26)(H,27,30)(H,28,31). The number of carbonyl (C=O) groups is 2. The highest BCUT2D eigenvalue weighted by atomic mass is 16.3. The summed E-state index contributed by atoms with van der Waals surface area (Å²) in [5.41, 5.74) is 9.75. The number of nitrogens with two attached hydrogens (primary N) is 1. The van der Waals surface area contributed by atoms with Gasteiger partial charge in [-0.25, -0.2) is 4.98 Å². The number of hydrogen-bond acceptors (Lipinski definition) is 5. The Bertz CT molecular complexity index is 1100. The molecule has 7 nitrogen and oxygen atoms in total. The lowest BCUT2D eigenvalue weighted by Crippen LogP contribution is -2.30. The molecule has 160 valence electrons. The van der Waals surface area contributed by atoms with Crippen LogP contribution in [0.4, 0.5) is 11.5 Å². The maximum absolute atomic E-state index is 12.4. The van der Waals surface area contributed by atoms with E-state index in [1.54, 1.807) is 48.7 Å². The van der Waals surface area contributed by atoms with Gasteiger partial charge < -0.3 is 21.5 Å². The van der Waals surface area contributed by atoms with Gasteiger partial charge in [0.25, 0.3) is 11.8 Å². The molecule has 0 aliphatic rings. The molecule has 0 fully saturated rings. The third-order valence-corrected chi connectivity index (χ3v) is 4.75. The summed E-state index contributed by atoms with van der Waals surface area (Å²) in [7, 11) is 0. The number of nitrogens with zero attached hydrogens (tertiary/aromatic N) is 1. The number of nitrogen functional groups attached to an aromatic ring is 1. The van der Waals surface area contributed by atoms with E-state index < -0.39 is 12.0 Å². The van der Waals surface area contributed by atoms with Crippen molar-refractivity contribution in [1.82, 2.24) is 10.3 Å². The van der Waals surface area contributed by atoms with Crippen LogP contribution in [0.15, 0.2) is 60.8 Å². The van der Waals surface area contributed by atoms with E-state index in [1.807, 2.05) is 32.9 Å². The molecule has 31 heavy (non-hydrogen) atoms. The van der Waals surface area contributed by atoms with Crippen molar-refractivity contribution in [3.05, 3.63) is 77.5 Å². The molecule has 5 N–H and O–H groups in total. The van der Waals surface area contributed by atoms with Gasteiger partial charge in [0.15, 0.2) is 6.10 Å². The minimum absolute atomic E-state index is 0.0218. The summed E-state index contributed by atoms with van der Waals surface area (Å²) in [6.45, 7) is 5.64. The van der Waals surface area contributed by atoms with Crippen LogP contribution in [-0.4, -0.2) is 27.9 Å². The first-order chi connectivity index (χ1) is 14.8. The predicted molar refractivity (Wildman–Crippen MR) is 121 cm³/mol. The van der Waals surface area contributed by atoms with Crippen molar-refractivity contribution in [2.24, 2.45) is 0 Å². The highest BCUT2D eigenvalue weighted by molar-refractivity contribution is 6.00. The van der Waals surface area contributed by atoms with Gasteiger partial charge in [-0.15, -0.1) is 0 Å². The van der Waals surface area contributed by atoms with Gasteiger partial charge in [-0.05, 0) is 55.7 Å². The Kier molecular flexibility index (Phi) is 6.67. The first-order valence-electron chi connectivity index (χ1n) is 9.97. The maximum atomic E-state index is 12.4. The molecule has 1 aromatic heterocycles. The molecule has 0 bridgehead atoms. The lowest BCUT2D eigenvalue weighted by Gasteiger charge is -2.14. The van der Waals surface area contributed by atoms with Crippen molar-refractivity contribution in [2.75, 3.05) is 11.1 Å². The Hall–Kier alpha value is -3.71. The second-order valence-electron chi connectivity index (χ2n) is 7.62. The normalized spacial score (nSPS) is 11.8. The summed E-state index contributed by atoms with van der Waals surface area (Å²) in [6, 6.07) is 15.8. The average Bonchev–Trinajstić information content (AvgIpc) is 2.74. The number of aliphatic hydroxyl groups is 1. The topological polar surface area (TPSA) is 117 Å². The van der Waals surface area contributed by atoms with E-state index in [-0.39, 0.29) is 17.8 Å². The van der Waals surface area contributed by atoms with Gasteiger partial charge in [-0.2, -0.15) is 0 Å². The fraction of sp³-hybridized carbons (Fsp3) is 0.208. The Morgan fingerprint density at radius 3 is 2.42 bits per heavy atom. The van der Waals surface area contributed by atoms with Crippen molar-refractivity contribution in [3.8, 4) is 11.1 Å². The Balaban J connectivity index is 1.81. The first kappa shape index (κ1) is 22.0. The Morgan fingerprint density at radius 1 is 1.06 bits per heavy atom. The van der Waals surface area contributed by atoms with E-state index in [4.69, 9.17) is 5.73 Å². The molecule has 0 aliphatic heterocycles. The first-order valence-corrected chi connectivity index (χ1v) is 9.97. The van der Waals surface area contributed by atoms with Gasteiger partial charge in [0.05, 0.1) is 5.56 Å². The summed E-state index contributed by atoms with van der Waals surface area (Å²) in [5, 5.41) is 15.8. The molecule has 2 amide bonds. The molecule has 3 rings (SSSR count). The molecule has 0 spiro atoms. The van der Waals surface area contributed by atoms with Gasteiger partial charge in [-0.1, -0.05) is 36.4 Å². The van der Waals surface area contributed by atoms with Crippen molar-refractivity contribution in [2.45, 2.75) is 32.9 Å². The molecule has 0 saturated carbocycles. The van der Waals surface area contributed by atoms with Crippen molar-refractivity contribution < 1.29 is 14.7 Å². The highest BCUT2D eigenvalue weighted by Gasteiger charge is 2.18. The number of pyridine rings is 1. The van der Waals surface area contributed by atoms with Crippen molar-refractivity contribution in [3.63, 3.8) is 0 Å². The zero-order valence-electron chi connectivity index (χ0n) is 17.7. The number of rotatable bonds is 6. The van der Waals surface area contributed by atoms with E-state index in [0.29, 0.717) is 16.8 Å². The smallest absolute Gasteiger partial charge is 0.257 e. The lowest BCUT2D eigenvalue weighted by atomic mass is 9.99. The van der Waals surface area contributed by atoms with Gasteiger partial charge >= 0.3 is 0 Å². The van der Waals surface area contributed by atoms with Crippen LogP contribution in [-0.2, 0) is 4.79 Å². The summed E-state index contributed by atoms with van der Waals surface area (Å²) in [6.07, 6.45) is 0.353. The Labute approximate surface area is 181 Å². The zero-order chi connectivity index (χ0) is 22.5. The van der Waals surface area contributed by atoms with Gasteiger partial charge in [0.2, 0.25) is 0 Å². The SMILES string of the molecule is Cc1cc(NC(=O)C(O)c2ccccc2)ccc1-c1cnc(N)c(C(=O)NC(C)C)c1. The number of aryl methyl sites for hydroxylation is 1. The molecule has 7 heteroatoms. The predicted octanol–water partition coefficient (Wildman–Crippen LogP) is 3.45. The molecule has 0 aliphatic carbocycles. The zero-order valence-corrected chi connectivity index (χ0v) is 17.7. The second-order valence-corrected chi connectivity index (χ2v) is 7.62. The average molecular weight is 418 g/mol. The number of anilines is 2. The molecule has 1 heterocycles. The highest BCUT2D eigenvalue weighted by Crippen LogP contribution is 2.28. The number of nitrogens with one attached hydrogen (secondary N) is 2. The van der Waals surface area contributed by atoms with Crippen molar-refractivity contribution >= 4 is 23.3 Å². The number of hydrogen-bond donors (Lipinski definition) is 4. The molecule has 1 unspecified atom stereocenters. The number of aromatic nitrogens is 1. The minimum Gasteiger partial charge on any atom is -0.383 e. The molecule has 3 aromatic rings. The van der Waals surface area contributed by atoms with Gasteiger partial charge in [0, 0.05) is 23.5 Å². The van der Waals surface area contributed by atoms with Crippen LogP contribution in [0.3, 0.4) is 0 Å². The van der Waals surface area contributed by atoms with Crippen LogP contribution < -0.4 is 16.4 Å². The van der Waals surface area contributed by atoms with E-state index in [2.05, 4.69) is 15.6 Å². The third-order valence-electron chi connectivity index (χ3n) is 4.75. The molecular formula is C24H26N4O3. The number of benzene rings is 2. The summed E-state index contributed by atoms with van der Waals surface area (Å²) in [5.74, 6) is -0.628. The number of aliphatic hydroxyl groups excluding tert-OH is 1. The van der Waals surface area contributed by atoms with Crippen LogP contribution >= 0.6 is 0 Å². The molecule has 0 saturated heterocycles. The van der Waals surface area contributed by atoms with Crippen LogP contribution in [0, 0.1) is 6.92 Å². The molecule has 2 aromatic carbocycles. The summed E-state index contributed by atoms with van der Waals surface area (Å²) >= 11 is 0. The lowest BCUT2D eigenvalue weighted by molar-refractivity contribution is -0.124. The summed E-state index contributed by atoms with van der Waals surface area (Å²) < 4.78 is 0. The van der Waals surface area contributed by atoms with Gasteiger partial charge in [-0.3, -0.25) is 9.59 Å². The van der Waals surface area contributed by atoms with Crippen molar-refractivity contribution in [1.29, 1.82) is 0 Å². The largest absolute Gasteiger partial charge is 0.383 e. The number of carbonyl (C=O) groups excluding carboxylic acids is 2. The monoisotopic (exact) mass is 418 g/mol. The quantitative estimate of drug-likeness (QED) is 0.489. The van der Waals surface area contributed by atoms with E-state index in [1.165, 1.54) is 0 Å². The van der Waals surface area contributed by atoms with Crippen LogP contribution in [0.2, 0.25) is 0 Å². The minimum atomic E-state index is -1.26. The fourth-order valence-corrected chi connectivity index (χ4v) is 3.21. The third kappa shape index (κ3) is 5.26. The van der Waals surface area contributed by atoms with Crippen LogP contribution in [0.25, 0.3) is 11.1 Å². The van der Waals surface area contributed by atoms with E-state index >= 15 is 0 Å². The Morgan fingerprint density at radius 2 is 1.77 bits per heavy atom. The van der Waals surface area contributed by atoms with E-state index in [0.717, 1.165) is 16.7 Å². The van der Waals surface area contributed by atoms with E-state index in [9.17, 15) is 14.7 Å². The second kappa shape index (κ2) is 9.40.